The molecule has 0 radical (unpaired) electrons. The summed E-state index contributed by atoms with van der Waals surface area (Å²) < 4.78 is 5.29. The van der Waals surface area contributed by atoms with Gasteiger partial charge >= 0.3 is 0 Å². The predicted octanol–water partition coefficient (Wildman–Crippen LogP) is 5.56. The quantitative estimate of drug-likeness (QED) is 0.286. The Kier molecular flexibility index (Phi) is 7.42. The van der Waals surface area contributed by atoms with Crippen molar-refractivity contribution in [1.29, 1.82) is 0 Å². The highest BCUT2D eigenvalue weighted by Gasteiger charge is 2.15. The topological polar surface area (TPSA) is 58.6 Å². The summed E-state index contributed by atoms with van der Waals surface area (Å²) in [6, 6.07) is 27.2. The minimum atomic E-state index is -0.335. The molecule has 4 nitrogen and oxygen atoms in total. The van der Waals surface area contributed by atoms with E-state index in [1.807, 2.05) is 30.3 Å². The van der Waals surface area contributed by atoms with E-state index in [0.717, 1.165) is 25.0 Å². The molecule has 0 saturated carbocycles. The maximum Gasteiger partial charge on any atom is 0.243 e. The van der Waals surface area contributed by atoms with Crippen LogP contribution in [-0.2, 0) is 4.79 Å². The minimum Gasteiger partial charge on any atom is -0.497 e. The first-order valence-corrected chi connectivity index (χ1v) is 9.93. The van der Waals surface area contributed by atoms with Crippen molar-refractivity contribution in [2.45, 2.75) is 31.6 Å². The van der Waals surface area contributed by atoms with Crippen LogP contribution in [0.2, 0.25) is 0 Å². The van der Waals surface area contributed by atoms with Crippen LogP contribution in [0, 0.1) is 0 Å². The molecule has 0 heterocycles. The zero-order valence-electron chi connectivity index (χ0n) is 16.7. The number of unbranched alkanes of at least 4 members (excludes halogenated alkanes) is 1. The molecule has 3 aromatic carbocycles. The van der Waals surface area contributed by atoms with Crippen LogP contribution < -0.4 is 10.2 Å². The first kappa shape index (κ1) is 20.6. The van der Waals surface area contributed by atoms with Crippen molar-refractivity contribution in [2.24, 2.45) is 0 Å². The standard InChI is InChI=1S/C25H27NO3/c1-29-23-17-15-22(16-18-23)24(9-5-6-10-25(27)26-28)21-13-11-20(12-14-21)19-7-3-2-4-8-19/h2-4,7-8,11-18,24,28H,5-6,9-10H2,1H3,(H,26,27). The molecule has 0 aromatic heterocycles. The van der Waals surface area contributed by atoms with E-state index in [9.17, 15) is 4.79 Å². The number of hydrogen-bond donors (Lipinski definition) is 2. The van der Waals surface area contributed by atoms with Crippen LogP contribution in [0.5, 0.6) is 5.75 Å². The Morgan fingerprint density at radius 2 is 1.45 bits per heavy atom. The second-order valence-electron chi connectivity index (χ2n) is 7.09. The Labute approximate surface area is 172 Å². The molecular weight excluding hydrogens is 362 g/mol. The van der Waals surface area contributed by atoms with E-state index < -0.39 is 0 Å². The molecule has 150 valence electrons. The third-order valence-corrected chi connectivity index (χ3v) is 5.21. The van der Waals surface area contributed by atoms with Crippen LogP contribution in [0.25, 0.3) is 11.1 Å². The van der Waals surface area contributed by atoms with Crippen molar-refractivity contribution in [2.75, 3.05) is 7.11 Å². The van der Waals surface area contributed by atoms with Gasteiger partial charge in [0.1, 0.15) is 5.75 Å². The van der Waals surface area contributed by atoms with E-state index in [2.05, 4.69) is 48.5 Å². The number of hydroxylamine groups is 1. The van der Waals surface area contributed by atoms with Gasteiger partial charge in [0, 0.05) is 12.3 Å². The van der Waals surface area contributed by atoms with Crippen molar-refractivity contribution in [3.8, 4) is 16.9 Å². The van der Waals surface area contributed by atoms with Crippen LogP contribution >= 0.6 is 0 Å². The monoisotopic (exact) mass is 389 g/mol. The van der Waals surface area contributed by atoms with Crippen LogP contribution in [0.1, 0.15) is 42.7 Å². The summed E-state index contributed by atoms with van der Waals surface area (Å²) in [4.78, 5) is 11.3. The second-order valence-corrected chi connectivity index (χ2v) is 7.09. The smallest absolute Gasteiger partial charge is 0.243 e. The molecule has 4 heteroatoms. The summed E-state index contributed by atoms with van der Waals surface area (Å²) in [6.07, 6.45) is 2.89. The fourth-order valence-electron chi connectivity index (χ4n) is 3.59. The normalized spacial score (nSPS) is 11.7. The van der Waals surface area contributed by atoms with Gasteiger partial charge in [-0.05, 0) is 47.2 Å². The summed E-state index contributed by atoms with van der Waals surface area (Å²) >= 11 is 0. The third-order valence-electron chi connectivity index (χ3n) is 5.21. The minimum absolute atomic E-state index is 0.239. The predicted molar refractivity (Wildman–Crippen MR) is 115 cm³/mol. The molecule has 0 spiro atoms. The van der Waals surface area contributed by atoms with Crippen molar-refractivity contribution in [3.63, 3.8) is 0 Å². The molecule has 0 aliphatic heterocycles. The van der Waals surface area contributed by atoms with E-state index in [1.54, 1.807) is 12.6 Å². The van der Waals surface area contributed by atoms with Gasteiger partial charge in [0.25, 0.3) is 0 Å². The van der Waals surface area contributed by atoms with Gasteiger partial charge in [0.2, 0.25) is 5.91 Å². The summed E-state index contributed by atoms with van der Waals surface area (Å²) in [6.45, 7) is 0. The molecule has 0 saturated heterocycles. The van der Waals surface area contributed by atoms with E-state index in [4.69, 9.17) is 9.94 Å². The maximum atomic E-state index is 11.3. The number of rotatable bonds is 9. The van der Waals surface area contributed by atoms with Crippen molar-refractivity contribution >= 4 is 5.91 Å². The highest BCUT2D eigenvalue weighted by molar-refractivity contribution is 5.74. The molecule has 0 aliphatic carbocycles. The van der Waals surface area contributed by atoms with Gasteiger partial charge < -0.3 is 4.74 Å². The van der Waals surface area contributed by atoms with Crippen LogP contribution in [0.4, 0.5) is 0 Å². The molecular formula is C25H27NO3. The zero-order chi connectivity index (χ0) is 20.5. The molecule has 0 fully saturated rings. The Bertz CT molecular complexity index is 890. The lowest BCUT2D eigenvalue weighted by atomic mass is 9.86. The van der Waals surface area contributed by atoms with Gasteiger partial charge in [0.05, 0.1) is 7.11 Å². The second kappa shape index (κ2) is 10.4. The summed E-state index contributed by atoms with van der Waals surface area (Å²) in [5.41, 5.74) is 6.58. The average molecular weight is 389 g/mol. The van der Waals surface area contributed by atoms with Crippen LogP contribution in [0.3, 0.4) is 0 Å². The van der Waals surface area contributed by atoms with Crippen LogP contribution in [-0.4, -0.2) is 18.2 Å². The number of carbonyl (C=O) groups is 1. The fraction of sp³-hybridized carbons (Fsp3) is 0.240. The molecule has 1 unspecified atom stereocenters. The highest BCUT2D eigenvalue weighted by Crippen LogP contribution is 2.32. The lowest BCUT2D eigenvalue weighted by molar-refractivity contribution is -0.129. The van der Waals surface area contributed by atoms with Crippen molar-refractivity contribution in [3.05, 3.63) is 90.0 Å². The average Bonchev–Trinajstić information content (AvgIpc) is 2.80. The van der Waals surface area contributed by atoms with E-state index >= 15 is 0 Å². The number of ether oxygens (including phenoxy) is 1. The van der Waals surface area contributed by atoms with Crippen molar-refractivity contribution < 1.29 is 14.7 Å². The Hall–Kier alpha value is -3.11. The number of benzene rings is 3. The summed E-state index contributed by atoms with van der Waals surface area (Å²) in [5, 5.41) is 8.66. The largest absolute Gasteiger partial charge is 0.497 e. The van der Waals surface area contributed by atoms with Gasteiger partial charge in [-0.15, -0.1) is 0 Å². The lowest BCUT2D eigenvalue weighted by Crippen LogP contribution is -2.17. The third kappa shape index (κ3) is 5.69. The first-order chi connectivity index (χ1) is 14.2. The number of carbonyl (C=O) groups excluding carboxylic acids is 1. The van der Waals surface area contributed by atoms with Gasteiger partial charge in [-0.1, -0.05) is 73.2 Å². The van der Waals surface area contributed by atoms with Gasteiger partial charge in [-0.25, -0.2) is 5.48 Å². The van der Waals surface area contributed by atoms with E-state index in [1.165, 1.54) is 22.3 Å². The molecule has 2 N–H and O–H groups in total. The Balaban J connectivity index is 1.78. The van der Waals surface area contributed by atoms with Gasteiger partial charge in [-0.3, -0.25) is 10.0 Å². The molecule has 0 aliphatic rings. The Morgan fingerprint density at radius 3 is 2.03 bits per heavy atom. The Morgan fingerprint density at radius 1 is 0.862 bits per heavy atom. The molecule has 1 atom stereocenters. The molecule has 29 heavy (non-hydrogen) atoms. The summed E-state index contributed by atoms with van der Waals surface area (Å²) in [5.74, 6) is 0.743. The van der Waals surface area contributed by atoms with Crippen LogP contribution in [0.15, 0.2) is 78.9 Å². The van der Waals surface area contributed by atoms with E-state index in [-0.39, 0.29) is 11.8 Å². The zero-order valence-corrected chi connectivity index (χ0v) is 16.7. The SMILES string of the molecule is COc1ccc(C(CCCCC(=O)NO)c2ccc(-c3ccccc3)cc2)cc1. The fourth-order valence-corrected chi connectivity index (χ4v) is 3.59. The lowest BCUT2D eigenvalue weighted by Gasteiger charge is -2.19. The van der Waals surface area contributed by atoms with E-state index in [0.29, 0.717) is 6.42 Å². The van der Waals surface area contributed by atoms with Crippen molar-refractivity contribution in [1.82, 2.24) is 5.48 Å². The molecule has 1 amide bonds. The first-order valence-electron chi connectivity index (χ1n) is 9.93. The number of hydrogen-bond acceptors (Lipinski definition) is 3. The maximum absolute atomic E-state index is 11.3. The summed E-state index contributed by atoms with van der Waals surface area (Å²) in [7, 11) is 1.67. The van der Waals surface area contributed by atoms with Gasteiger partial charge in [-0.2, -0.15) is 0 Å². The number of methoxy groups -OCH3 is 1. The highest BCUT2D eigenvalue weighted by atomic mass is 16.5. The van der Waals surface area contributed by atoms with Gasteiger partial charge in [0.15, 0.2) is 0 Å². The number of nitrogens with one attached hydrogen (secondary N) is 1. The number of amides is 1. The molecule has 3 rings (SSSR count). The molecule has 3 aromatic rings. The molecule has 0 bridgehead atoms.